The van der Waals surface area contributed by atoms with Crippen LogP contribution in [0.5, 0.6) is 0 Å². The Morgan fingerprint density at radius 3 is 3.00 bits per heavy atom. The molecule has 124 valence electrons. The first kappa shape index (κ1) is 16.0. The average molecular weight is 307 g/mol. The first-order valence-corrected chi connectivity index (χ1v) is 8.76. The maximum Gasteiger partial charge on any atom is 0.240 e. The molecule has 1 heterocycles. The van der Waals surface area contributed by atoms with Crippen LogP contribution in [-0.2, 0) is 9.53 Å². The van der Waals surface area contributed by atoms with Crippen molar-refractivity contribution in [3.63, 3.8) is 0 Å². The molecule has 1 aliphatic heterocycles. The highest BCUT2D eigenvalue weighted by atomic mass is 16.5. The van der Waals surface area contributed by atoms with Crippen molar-refractivity contribution in [2.75, 3.05) is 39.8 Å². The summed E-state index contributed by atoms with van der Waals surface area (Å²) in [6.45, 7) is 3.92. The van der Waals surface area contributed by atoms with E-state index in [2.05, 4.69) is 28.2 Å². The zero-order valence-electron chi connectivity index (χ0n) is 13.7. The third-order valence-corrected chi connectivity index (χ3v) is 4.75. The molecule has 1 saturated carbocycles. The fourth-order valence-corrected chi connectivity index (χ4v) is 3.39. The van der Waals surface area contributed by atoms with Crippen LogP contribution >= 0.6 is 0 Å². The van der Waals surface area contributed by atoms with Crippen LogP contribution in [0.15, 0.2) is 11.8 Å². The van der Waals surface area contributed by atoms with E-state index in [1.807, 2.05) is 0 Å². The zero-order valence-corrected chi connectivity index (χ0v) is 13.7. The number of nitrogens with zero attached hydrogens (tertiary/aromatic N) is 2. The number of allylic oxidation sites excluding steroid dienone is 2. The topological polar surface area (TPSA) is 44.8 Å². The van der Waals surface area contributed by atoms with Gasteiger partial charge < -0.3 is 19.9 Å². The summed E-state index contributed by atoms with van der Waals surface area (Å²) in [7, 11) is 2.12. The van der Waals surface area contributed by atoms with Crippen LogP contribution in [-0.4, -0.2) is 67.7 Å². The van der Waals surface area contributed by atoms with Crippen molar-refractivity contribution < 1.29 is 9.53 Å². The molecule has 0 bridgehead atoms. The van der Waals surface area contributed by atoms with E-state index in [9.17, 15) is 4.79 Å². The number of carbonyl (C=O) groups excluding carboxylic acids is 1. The van der Waals surface area contributed by atoms with Crippen LogP contribution in [0.3, 0.4) is 0 Å². The molecule has 2 aliphatic carbocycles. The zero-order chi connectivity index (χ0) is 15.4. The van der Waals surface area contributed by atoms with Crippen LogP contribution in [0.25, 0.3) is 0 Å². The molecule has 2 fully saturated rings. The van der Waals surface area contributed by atoms with Crippen molar-refractivity contribution in [2.24, 2.45) is 0 Å². The van der Waals surface area contributed by atoms with E-state index in [1.165, 1.54) is 31.4 Å². The average Bonchev–Trinajstić information content (AvgIpc) is 3.33. The normalized spacial score (nSPS) is 26.6. The van der Waals surface area contributed by atoms with Crippen LogP contribution in [0, 0.1) is 0 Å². The van der Waals surface area contributed by atoms with Gasteiger partial charge >= 0.3 is 0 Å². The lowest BCUT2D eigenvalue weighted by Crippen LogP contribution is -2.47. The number of nitrogens with one attached hydrogen (secondary N) is 1. The Balaban J connectivity index is 1.46. The molecule has 0 radical (unpaired) electrons. The molecule has 5 heteroatoms. The van der Waals surface area contributed by atoms with Gasteiger partial charge in [-0.1, -0.05) is 6.08 Å². The van der Waals surface area contributed by atoms with Gasteiger partial charge in [-0.05, 0) is 45.6 Å². The predicted octanol–water partition coefficient (Wildman–Crippen LogP) is 1.36. The van der Waals surface area contributed by atoms with E-state index in [0.29, 0.717) is 12.6 Å². The van der Waals surface area contributed by atoms with E-state index < -0.39 is 0 Å². The van der Waals surface area contributed by atoms with Gasteiger partial charge in [0, 0.05) is 31.4 Å². The van der Waals surface area contributed by atoms with Gasteiger partial charge in [0.2, 0.25) is 5.91 Å². The summed E-state index contributed by atoms with van der Waals surface area (Å²) in [5.41, 5.74) is 1.27. The first-order valence-electron chi connectivity index (χ1n) is 8.76. The molecule has 3 rings (SSSR count). The van der Waals surface area contributed by atoms with Gasteiger partial charge in [-0.25, -0.2) is 0 Å². The molecule has 1 N–H and O–H groups in total. The number of morpholine rings is 1. The Hall–Kier alpha value is -0.910. The smallest absolute Gasteiger partial charge is 0.240 e. The number of carbonyl (C=O) groups is 1. The second-order valence-electron chi connectivity index (χ2n) is 6.82. The van der Waals surface area contributed by atoms with E-state index in [4.69, 9.17) is 4.74 Å². The van der Waals surface area contributed by atoms with E-state index in [0.717, 1.165) is 39.1 Å². The number of hydrogen-bond donors (Lipinski definition) is 1. The maximum atomic E-state index is 12.6. The highest BCUT2D eigenvalue weighted by molar-refractivity contribution is 5.80. The third-order valence-electron chi connectivity index (χ3n) is 4.75. The number of amides is 1. The first-order chi connectivity index (χ1) is 10.7. The Kier molecular flexibility index (Phi) is 5.50. The molecule has 3 aliphatic rings. The minimum Gasteiger partial charge on any atom is -0.374 e. The highest BCUT2D eigenvalue weighted by Gasteiger charge is 2.34. The van der Waals surface area contributed by atoms with Crippen molar-refractivity contribution in [2.45, 2.75) is 50.7 Å². The molecule has 1 atom stereocenters. The van der Waals surface area contributed by atoms with Gasteiger partial charge in [0.25, 0.3) is 0 Å². The van der Waals surface area contributed by atoms with Gasteiger partial charge in [-0.15, -0.1) is 0 Å². The molecule has 1 unspecified atom stereocenters. The van der Waals surface area contributed by atoms with Crippen LogP contribution in [0.1, 0.15) is 38.5 Å². The molecule has 0 aromatic rings. The molecule has 5 nitrogen and oxygen atoms in total. The second kappa shape index (κ2) is 7.57. The molecule has 1 saturated heterocycles. The number of ether oxygens (including phenoxy) is 1. The van der Waals surface area contributed by atoms with Crippen molar-refractivity contribution in [1.82, 2.24) is 15.1 Å². The Bertz CT molecular complexity index is 420. The molecular formula is C17H29N3O2. The minimum atomic E-state index is 0.204. The predicted molar refractivity (Wildman–Crippen MR) is 86.5 cm³/mol. The number of rotatable bonds is 6. The van der Waals surface area contributed by atoms with E-state index in [-0.39, 0.29) is 12.0 Å². The summed E-state index contributed by atoms with van der Waals surface area (Å²) in [6.07, 6.45) is 9.49. The summed E-state index contributed by atoms with van der Waals surface area (Å²) in [4.78, 5) is 17.0. The lowest BCUT2D eigenvalue weighted by molar-refractivity contribution is -0.129. The van der Waals surface area contributed by atoms with Gasteiger partial charge in [0.15, 0.2) is 0 Å². The molecular weight excluding hydrogens is 278 g/mol. The monoisotopic (exact) mass is 307 g/mol. The SMILES string of the molecule is CN1CCOC(CNCC(=O)N(C2=CCCCC2)C2CC2)C1. The lowest BCUT2D eigenvalue weighted by atomic mass is 10.0. The van der Waals surface area contributed by atoms with Gasteiger partial charge in [0.05, 0.1) is 19.3 Å². The van der Waals surface area contributed by atoms with Crippen molar-refractivity contribution in [1.29, 1.82) is 0 Å². The Labute approximate surface area is 133 Å². The standard InChI is InChI=1S/C17H29N3O2/c1-19-9-10-22-16(13-19)11-18-12-17(21)20(15-7-8-15)14-5-3-2-4-6-14/h5,15-16,18H,2-4,6-13H2,1H3. The lowest BCUT2D eigenvalue weighted by Gasteiger charge is -2.31. The quantitative estimate of drug-likeness (QED) is 0.805. The summed E-state index contributed by atoms with van der Waals surface area (Å²) in [5.74, 6) is 0.236. The van der Waals surface area contributed by atoms with Crippen molar-refractivity contribution in [3.8, 4) is 0 Å². The molecule has 0 aromatic carbocycles. The molecule has 1 amide bonds. The van der Waals surface area contributed by atoms with Crippen LogP contribution in [0.2, 0.25) is 0 Å². The van der Waals surface area contributed by atoms with Gasteiger partial charge in [-0.3, -0.25) is 4.79 Å². The second-order valence-corrected chi connectivity index (χ2v) is 6.82. The van der Waals surface area contributed by atoms with Crippen molar-refractivity contribution >= 4 is 5.91 Å². The summed E-state index contributed by atoms with van der Waals surface area (Å²) in [5, 5.41) is 3.31. The summed E-state index contributed by atoms with van der Waals surface area (Å²) < 4.78 is 5.73. The van der Waals surface area contributed by atoms with Gasteiger partial charge in [0.1, 0.15) is 0 Å². The van der Waals surface area contributed by atoms with Gasteiger partial charge in [-0.2, -0.15) is 0 Å². The molecule has 0 spiro atoms. The maximum absolute atomic E-state index is 12.6. The molecule has 0 aromatic heterocycles. The largest absolute Gasteiger partial charge is 0.374 e. The number of likely N-dealkylation sites (N-methyl/N-ethyl adjacent to an activating group) is 1. The van der Waals surface area contributed by atoms with E-state index in [1.54, 1.807) is 0 Å². The van der Waals surface area contributed by atoms with Crippen LogP contribution < -0.4 is 5.32 Å². The Morgan fingerprint density at radius 2 is 2.32 bits per heavy atom. The van der Waals surface area contributed by atoms with E-state index >= 15 is 0 Å². The van der Waals surface area contributed by atoms with Crippen molar-refractivity contribution in [3.05, 3.63) is 11.8 Å². The third kappa shape index (κ3) is 4.31. The fourth-order valence-electron chi connectivity index (χ4n) is 3.39. The fraction of sp³-hybridized carbons (Fsp3) is 0.824. The van der Waals surface area contributed by atoms with Crippen LogP contribution in [0.4, 0.5) is 0 Å². The Morgan fingerprint density at radius 1 is 1.45 bits per heavy atom. The molecule has 22 heavy (non-hydrogen) atoms. The highest BCUT2D eigenvalue weighted by Crippen LogP contribution is 2.33. The summed E-state index contributed by atoms with van der Waals surface area (Å²) >= 11 is 0. The number of hydrogen-bond acceptors (Lipinski definition) is 4. The summed E-state index contributed by atoms with van der Waals surface area (Å²) in [6, 6.07) is 0.468. The minimum absolute atomic E-state index is 0.204.